The Morgan fingerprint density at radius 2 is 1.95 bits per heavy atom. The number of rotatable bonds is 5. The van der Waals surface area contributed by atoms with Crippen molar-refractivity contribution in [1.82, 2.24) is 4.31 Å². The van der Waals surface area contributed by atoms with Gasteiger partial charge < -0.3 is 10.2 Å². The van der Waals surface area contributed by atoms with Crippen LogP contribution in [0.25, 0.3) is 0 Å². The van der Waals surface area contributed by atoms with Gasteiger partial charge in [0.15, 0.2) is 0 Å². The number of aryl methyl sites for hydroxylation is 1. The molecule has 1 aromatic rings. The number of aliphatic hydroxyl groups is 1. The number of benzene rings is 1. The number of hydrogen-bond acceptors (Lipinski definition) is 4. The van der Waals surface area contributed by atoms with Crippen LogP contribution in [0.3, 0.4) is 0 Å². The molecule has 7 heteroatoms. The maximum atomic E-state index is 12.5. The van der Waals surface area contributed by atoms with E-state index in [1.165, 1.54) is 12.1 Å². The molecule has 0 bridgehead atoms. The Kier molecular flexibility index (Phi) is 4.65. The number of aliphatic hydroxyl groups excluding tert-OH is 1. The van der Waals surface area contributed by atoms with Crippen molar-refractivity contribution in [2.24, 2.45) is 0 Å². The standard InChI is InChI=1S/C14H19NO5S/c1-2-3-10-4-6-12(7-5-10)21(19,20)15-9-11(16)8-13(15)14(17)18/h4-7,11,13,16H,2-3,8-9H2,1H3,(H,17,18)/t11?,13-/m0/s1. The smallest absolute Gasteiger partial charge is 0.322 e. The van der Waals surface area contributed by atoms with Gasteiger partial charge in [-0.2, -0.15) is 4.31 Å². The fourth-order valence-electron chi connectivity index (χ4n) is 2.53. The third-order valence-corrected chi connectivity index (χ3v) is 5.48. The molecule has 1 heterocycles. The molecule has 0 amide bonds. The molecule has 2 N–H and O–H groups in total. The van der Waals surface area contributed by atoms with Crippen molar-refractivity contribution in [3.63, 3.8) is 0 Å². The lowest BCUT2D eigenvalue weighted by Crippen LogP contribution is -2.40. The van der Waals surface area contributed by atoms with Gasteiger partial charge in [-0.05, 0) is 24.1 Å². The summed E-state index contributed by atoms with van der Waals surface area (Å²) >= 11 is 0. The number of sulfonamides is 1. The average Bonchev–Trinajstić information content (AvgIpc) is 2.83. The van der Waals surface area contributed by atoms with Gasteiger partial charge >= 0.3 is 5.97 Å². The number of carboxylic acids is 1. The van der Waals surface area contributed by atoms with E-state index in [-0.39, 0.29) is 17.9 Å². The van der Waals surface area contributed by atoms with E-state index in [4.69, 9.17) is 5.11 Å². The number of β-amino-alcohol motifs (C(OH)–C–C–N with tert-alkyl or cyclic N) is 1. The van der Waals surface area contributed by atoms with Gasteiger partial charge in [0.1, 0.15) is 6.04 Å². The molecule has 0 spiro atoms. The van der Waals surface area contributed by atoms with Crippen LogP contribution in [0.1, 0.15) is 25.3 Å². The SMILES string of the molecule is CCCc1ccc(S(=O)(=O)N2CC(O)C[C@H]2C(=O)O)cc1. The van der Waals surface area contributed by atoms with Crippen molar-refractivity contribution < 1.29 is 23.4 Å². The molecule has 6 nitrogen and oxygen atoms in total. The highest BCUT2D eigenvalue weighted by atomic mass is 32.2. The van der Waals surface area contributed by atoms with E-state index in [0.29, 0.717) is 0 Å². The number of carbonyl (C=O) groups is 1. The lowest BCUT2D eigenvalue weighted by Gasteiger charge is -2.20. The predicted octanol–water partition coefficient (Wildman–Crippen LogP) is 0.848. The molecular formula is C14H19NO5S. The van der Waals surface area contributed by atoms with Crippen LogP contribution in [-0.2, 0) is 21.2 Å². The van der Waals surface area contributed by atoms with Crippen LogP contribution in [0.2, 0.25) is 0 Å². The summed E-state index contributed by atoms with van der Waals surface area (Å²) in [5.74, 6) is -1.24. The molecule has 0 saturated carbocycles. The summed E-state index contributed by atoms with van der Waals surface area (Å²) in [6.45, 7) is 1.85. The maximum absolute atomic E-state index is 12.5. The fourth-order valence-corrected chi connectivity index (χ4v) is 4.16. The van der Waals surface area contributed by atoms with Crippen LogP contribution < -0.4 is 0 Å². The zero-order valence-corrected chi connectivity index (χ0v) is 12.6. The molecule has 116 valence electrons. The molecule has 0 radical (unpaired) electrons. The lowest BCUT2D eigenvalue weighted by atomic mass is 10.1. The minimum absolute atomic E-state index is 0.0581. The Morgan fingerprint density at radius 3 is 2.48 bits per heavy atom. The largest absolute Gasteiger partial charge is 0.480 e. The summed E-state index contributed by atoms with van der Waals surface area (Å²) in [6, 6.07) is 5.24. The summed E-state index contributed by atoms with van der Waals surface area (Å²) in [6.07, 6.45) is 0.800. The third kappa shape index (κ3) is 3.25. The molecule has 1 aliphatic heterocycles. The summed E-state index contributed by atoms with van der Waals surface area (Å²) in [5.41, 5.74) is 1.03. The van der Waals surface area contributed by atoms with Gasteiger partial charge in [-0.15, -0.1) is 0 Å². The molecule has 21 heavy (non-hydrogen) atoms. The van der Waals surface area contributed by atoms with E-state index in [2.05, 4.69) is 0 Å². The molecule has 0 aliphatic carbocycles. The van der Waals surface area contributed by atoms with Crippen LogP contribution in [0.5, 0.6) is 0 Å². The van der Waals surface area contributed by atoms with Gasteiger partial charge in [0.05, 0.1) is 11.0 Å². The minimum atomic E-state index is -3.91. The molecule has 1 saturated heterocycles. The van der Waals surface area contributed by atoms with Crippen LogP contribution >= 0.6 is 0 Å². The molecule has 1 aliphatic rings. The van der Waals surface area contributed by atoms with Gasteiger partial charge in [0.25, 0.3) is 0 Å². The molecule has 2 atom stereocenters. The van der Waals surface area contributed by atoms with E-state index < -0.39 is 28.1 Å². The van der Waals surface area contributed by atoms with Crippen molar-refractivity contribution in [3.8, 4) is 0 Å². The molecule has 1 unspecified atom stereocenters. The van der Waals surface area contributed by atoms with Crippen molar-refractivity contribution in [1.29, 1.82) is 0 Å². The maximum Gasteiger partial charge on any atom is 0.322 e. The monoisotopic (exact) mass is 313 g/mol. The first kappa shape index (κ1) is 15.9. The molecule has 1 aromatic carbocycles. The average molecular weight is 313 g/mol. The van der Waals surface area contributed by atoms with Gasteiger partial charge in [-0.3, -0.25) is 4.79 Å². The Balaban J connectivity index is 2.30. The second-order valence-electron chi connectivity index (χ2n) is 5.21. The topological polar surface area (TPSA) is 94.9 Å². The zero-order chi connectivity index (χ0) is 15.6. The Labute approximate surface area is 124 Å². The number of hydrogen-bond donors (Lipinski definition) is 2. The summed E-state index contributed by atoms with van der Waals surface area (Å²) in [4.78, 5) is 11.2. The van der Waals surface area contributed by atoms with Crippen molar-refractivity contribution >= 4 is 16.0 Å². The Bertz CT molecular complexity index is 611. The molecule has 0 aromatic heterocycles. The highest BCUT2D eigenvalue weighted by Gasteiger charge is 2.43. The first-order chi connectivity index (χ1) is 9.86. The van der Waals surface area contributed by atoms with E-state index in [9.17, 15) is 18.3 Å². The highest BCUT2D eigenvalue weighted by molar-refractivity contribution is 7.89. The highest BCUT2D eigenvalue weighted by Crippen LogP contribution is 2.26. The van der Waals surface area contributed by atoms with Crippen LogP contribution in [-0.4, -0.2) is 47.6 Å². The summed E-state index contributed by atoms with van der Waals surface area (Å²) in [7, 11) is -3.91. The molecule has 1 fully saturated rings. The van der Waals surface area contributed by atoms with Gasteiger partial charge in [-0.25, -0.2) is 8.42 Å². The van der Waals surface area contributed by atoms with Crippen molar-refractivity contribution in [2.75, 3.05) is 6.54 Å². The van der Waals surface area contributed by atoms with Gasteiger partial charge in [0.2, 0.25) is 10.0 Å². The molecule has 2 rings (SSSR count). The lowest BCUT2D eigenvalue weighted by molar-refractivity contribution is -0.140. The van der Waals surface area contributed by atoms with E-state index >= 15 is 0 Å². The predicted molar refractivity (Wildman–Crippen MR) is 76.4 cm³/mol. The van der Waals surface area contributed by atoms with Crippen LogP contribution in [0, 0.1) is 0 Å². The first-order valence-electron chi connectivity index (χ1n) is 6.88. The normalized spacial score (nSPS) is 23.3. The quantitative estimate of drug-likeness (QED) is 0.840. The third-order valence-electron chi connectivity index (χ3n) is 3.59. The van der Waals surface area contributed by atoms with E-state index in [1.54, 1.807) is 12.1 Å². The second kappa shape index (κ2) is 6.13. The van der Waals surface area contributed by atoms with Gasteiger partial charge in [-0.1, -0.05) is 25.5 Å². The van der Waals surface area contributed by atoms with Gasteiger partial charge in [0, 0.05) is 13.0 Å². The minimum Gasteiger partial charge on any atom is -0.480 e. The second-order valence-corrected chi connectivity index (χ2v) is 7.10. The van der Waals surface area contributed by atoms with E-state index in [1.807, 2.05) is 6.92 Å². The number of carboxylic acid groups (broad SMARTS) is 1. The zero-order valence-electron chi connectivity index (χ0n) is 11.8. The van der Waals surface area contributed by atoms with Crippen molar-refractivity contribution in [3.05, 3.63) is 29.8 Å². The van der Waals surface area contributed by atoms with Crippen LogP contribution in [0.4, 0.5) is 0 Å². The van der Waals surface area contributed by atoms with Crippen molar-refractivity contribution in [2.45, 2.75) is 43.2 Å². The summed E-state index contributed by atoms with van der Waals surface area (Å²) < 4.78 is 25.9. The fraction of sp³-hybridized carbons (Fsp3) is 0.500. The Morgan fingerprint density at radius 1 is 1.33 bits per heavy atom. The van der Waals surface area contributed by atoms with Crippen LogP contribution in [0.15, 0.2) is 29.2 Å². The summed E-state index contributed by atoms with van der Waals surface area (Å²) in [5, 5.41) is 18.7. The number of nitrogens with zero attached hydrogens (tertiary/aromatic N) is 1. The Hall–Kier alpha value is -1.44. The van der Waals surface area contributed by atoms with E-state index in [0.717, 1.165) is 22.7 Å². The number of aliphatic carboxylic acids is 1. The molecular weight excluding hydrogens is 294 g/mol. The first-order valence-corrected chi connectivity index (χ1v) is 8.32.